The number of aromatic nitrogens is 2. The normalized spacial score (nSPS) is 11.9. The minimum Gasteiger partial charge on any atom is -0.309 e. The highest BCUT2D eigenvalue weighted by atomic mass is 28.3. The zero-order chi connectivity index (χ0) is 37.8. The Hall–Kier alpha value is -7.20. The van der Waals surface area contributed by atoms with Crippen molar-refractivity contribution in [1.29, 1.82) is 0 Å². The number of fused-ring (bicyclic) bond motifs is 6. The second-order valence-corrected chi connectivity index (χ2v) is 18.7. The average molecular weight is 743 g/mol. The summed E-state index contributed by atoms with van der Waals surface area (Å²) in [6.45, 7) is 0. The molecule has 0 N–H and O–H groups in total. The van der Waals surface area contributed by atoms with Gasteiger partial charge in [-0.15, -0.1) is 0 Å². The zero-order valence-electron chi connectivity index (χ0n) is 31.3. The molecule has 3 heteroatoms. The molecule has 0 atom stereocenters. The van der Waals surface area contributed by atoms with E-state index < -0.39 is 8.07 Å². The summed E-state index contributed by atoms with van der Waals surface area (Å²) in [5.41, 5.74) is 9.54. The maximum atomic E-state index is 2.48. The smallest absolute Gasteiger partial charge is 0.179 e. The number of hydrogen-bond acceptors (Lipinski definition) is 0. The van der Waals surface area contributed by atoms with Crippen molar-refractivity contribution in [1.82, 2.24) is 9.13 Å². The van der Waals surface area contributed by atoms with E-state index in [0.717, 1.165) is 11.4 Å². The van der Waals surface area contributed by atoms with Gasteiger partial charge in [0, 0.05) is 32.8 Å². The molecule has 0 aliphatic heterocycles. The minimum atomic E-state index is -2.72. The third-order valence-electron chi connectivity index (χ3n) is 11.9. The molecule has 57 heavy (non-hydrogen) atoms. The van der Waals surface area contributed by atoms with Crippen LogP contribution in [0.15, 0.2) is 231 Å². The molecule has 2 nitrogen and oxygen atoms in total. The molecule has 0 amide bonds. The van der Waals surface area contributed by atoms with Crippen molar-refractivity contribution in [3.05, 3.63) is 231 Å². The van der Waals surface area contributed by atoms with Crippen LogP contribution in [-0.4, -0.2) is 17.2 Å². The fourth-order valence-electron chi connectivity index (χ4n) is 9.46. The lowest BCUT2D eigenvalue weighted by molar-refractivity contribution is 1.17. The molecule has 0 saturated carbocycles. The molecule has 11 rings (SSSR count). The lowest BCUT2D eigenvalue weighted by atomic mass is 10.0. The van der Waals surface area contributed by atoms with E-state index in [-0.39, 0.29) is 0 Å². The first-order valence-corrected chi connectivity index (χ1v) is 21.7. The summed E-state index contributed by atoms with van der Waals surface area (Å²) in [6.07, 6.45) is 0. The highest BCUT2D eigenvalue weighted by Gasteiger charge is 2.41. The third-order valence-corrected chi connectivity index (χ3v) is 16.6. The Bertz CT molecular complexity index is 3080. The maximum Gasteiger partial charge on any atom is 0.179 e. The minimum absolute atomic E-state index is 1.16. The number of benzene rings is 9. The fourth-order valence-corrected chi connectivity index (χ4v) is 14.3. The van der Waals surface area contributed by atoms with E-state index in [9.17, 15) is 0 Å². The van der Waals surface area contributed by atoms with E-state index in [0.29, 0.717) is 0 Å². The van der Waals surface area contributed by atoms with Gasteiger partial charge in [0.2, 0.25) is 0 Å². The molecule has 11 aromatic rings. The Balaban J connectivity index is 1.13. The van der Waals surface area contributed by atoms with Gasteiger partial charge in [-0.25, -0.2) is 0 Å². The van der Waals surface area contributed by atoms with Gasteiger partial charge in [-0.1, -0.05) is 188 Å². The lowest BCUT2D eigenvalue weighted by Crippen LogP contribution is -2.74. The van der Waals surface area contributed by atoms with Crippen molar-refractivity contribution in [2.24, 2.45) is 0 Å². The molecule has 0 bridgehead atoms. The second-order valence-electron chi connectivity index (χ2n) is 14.9. The number of hydrogen-bond donors (Lipinski definition) is 0. The molecule has 0 saturated heterocycles. The van der Waals surface area contributed by atoms with Gasteiger partial charge < -0.3 is 9.13 Å². The molecular formula is C54H38N2Si. The number of para-hydroxylation sites is 4. The van der Waals surface area contributed by atoms with Crippen LogP contribution in [0.5, 0.6) is 0 Å². The Morgan fingerprint density at radius 1 is 0.281 bits per heavy atom. The van der Waals surface area contributed by atoms with Crippen LogP contribution in [-0.2, 0) is 0 Å². The lowest BCUT2D eigenvalue weighted by Gasteiger charge is -2.34. The number of nitrogens with zero attached hydrogens (tertiary/aromatic N) is 2. The summed E-state index contributed by atoms with van der Waals surface area (Å²) in [5, 5.41) is 10.5. The topological polar surface area (TPSA) is 9.86 Å². The molecule has 0 unspecified atom stereocenters. The Kier molecular flexibility index (Phi) is 7.87. The summed E-state index contributed by atoms with van der Waals surface area (Å²) in [6, 6.07) is 85.2. The molecule has 9 aromatic carbocycles. The average Bonchev–Trinajstić information content (AvgIpc) is 3.80. The van der Waals surface area contributed by atoms with Gasteiger partial charge in [-0.05, 0) is 68.8 Å². The monoisotopic (exact) mass is 742 g/mol. The maximum absolute atomic E-state index is 2.72. The quantitative estimate of drug-likeness (QED) is 0.114. The first kappa shape index (κ1) is 33.2. The van der Waals surface area contributed by atoms with Crippen LogP contribution in [0.25, 0.3) is 66.1 Å². The molecular weight excluding hydrogens is 705 g/mol. The molecule has 0 radical (unpaired) electrons. The van der Waals surface area contributed by atoms with Crippen molar-refractivity contribution < 1.29 is 0 Å². The van der Waals surface area contributed by atoms with Crippen molar-refractivity contribution in [3.63, 3.8) is 0 Å². The Morgan fingerprint density at radius 2 is 0.719 bits per heavy atom. The van der Waals surface area contributed by atoms with Gasteiger partial charge in [0.1, 0.15) is 0 Å². The van der Waals surface area contributed by atoms with E-state index in [1.54, 1.807) is 0 Å². The van der Waals surface area contributed by atoms with Crippen LogP contribution in [0.4, 0.5) is 0 Å². The predicted octanol–water partition coefficient (Wildman–Crippen LogP) is 10.9. The second kappa shape index (κ2) is 13.5. The SMILES string of the molecule is c1ccc([Si](c2ccccc2)(c2ccccc2)c2cccc(-c3ccccc3-n3c4ccccc4c4cc(-n5c6ccccc6c6ccccc65)ccc43)c2)cc1. The van der Waals surface area contributed by atoms with Crippen LogP contribution >= 0.6 is 0 Å². The van der Waals surface area contributed by atoms with Crippen LogP contribution < -0.4 is 20.7 Å². The molecule has 2 heterocycles. The van der Waals surface area contributed by atoms with Crippen molar-refractivity contribution in [2.75, 3.05) is 0 Å². The zero-order valence-corrected chi connectivity index (χ0v) is 32.3. The Morgan fingerprint density at radius 3 is 1.30 bits per heavy atom. The molecule has 0 aliphatic carbocycles. The van der Waals surface area contributed by atoms with Crippen LogP contribution in [0.3, 0.4) is 0 Å². The van der Waals surface area contributed by atoms with Crippen LogP contribution in [0.2, 0.25) is 0 Å². The van der Waals surface area contributed by atoms with Crippen LogP contribution in [0, 0.1) is 0 Å². The highest BCUT2D eigenvalue weighted by Crippen LogP contribution is 2.39. The van der Waals surface area contributed by atoms with Gasteiger partial charge >= 0.3 is 0 Å². The summed E-state index contributed by atoms with van der Waals surface area (Å²) >= 11 is 0. The van der Waals surface area contributed by atoms with E-state index in [2.05, 4.69) is 240 Å². The van der Waals surface area contributed by atoms with E-state index >= 15 is 0 Å². The van der Waals surface area contributed by atoms with Gasteiger partial charge in [0.25, 0.3) is 0 Å². The first-order valence-electron chi connectivity index (χ1n) is 19.7. The van der Waals surface area contributed by atoms with Crippen molar-refractivity contribution in [3.8, 4) is 22.5 Å². The van der Waals surface area contributed by atoms with Crippen LogP contribution in [0.1, 0.15) is 0 Å². The van der Waals surface area contributed by atoms with Gasteiger partial charge in [-0.3, -0.25) is 0 Å². The fraction of sp³-hybridized carbons (Fsp3) is 0. The van der Waals surface area contributed by atoms with E-state index in [4.69, 9.17) is 0 Å². The summed E-state index contributed by atoms with van der Waals surface area (Å²) < 4.78 is 4.89. The van der Waals surface area contributed by atoms with E-state index in [1.807, 2.05) is 0 Å². The van der Waals surface area contributed by atoms with Gasteiger partial charge in [0.05, 0.1) is 27.8 Å². The van der Waals surface area contributed by atoms with Gasteiger partial charge in [0.15, 0.2) is 8.07 Å². The summed E-state index contributed by atoms with van der Waals surface area (Å²) in [5.74, 6) is 0. The largest absolute Gasteiger partial charge is 0.309 e. The number of rotatable bonds is 7. The third kappa shape index (κ3) is 5.17. The molecule has 0 fully saturated rings. The van der Waals surface area contributed by atoms with E-state index in [1.165, 1.54) is 75.5 Å². The van der Waals surface area contributed by atoms with Crippen molar-refractivity contribution in [2.45, 2.75) is 0 Å². The summed E-state index contributed by atoms with van der Waals surface area (Å²) in [4.78, 5) is 0. The predicted molar refractivity (Wildman–Crippen MR) is 244 cm³/mol. The molecule has 2 aromatic heterocycles. The highest BCUT2D eigenvalue weighted by molar-refractivity contribution is 7.19. The molecule has 268 valence electrons. The van der Waals surface area contributed by atoms with Crippen molar-refractivity contribution >= 4 is 72.4 Å². The summed E-state index contributed by atoms with van der Waals surface area (Å²) in [7, 11) is -2.72. The molecule has 0 aliphatic rings. The molecule has 0 spiro atoms. The van der Waals surface area contributed by atoms with Gasteiger partial charge in [-0.2, -0.15) is 0 Å². The standard InChI is InChI=1S/C54H38N2Si/c1-4-20-41(21-5-1)57(42-22-6-2-7-23-42,43-24-8-3-9-25-43)44-26-18-19-39(37-44)45-27-10-14-31-50(45)56-53-34-17-13-30-48(53)49-38-40(35-36-54(49)56)55-51-32-15-11-28-46(51)47-29-12-16-33-52(47)55/h1-38H. The first-order chi connectivity index (χ1) is 28.3. The Labute approximate surface area is 333 Å².